The number of carbonyl (C=O) groups is 1. The smallest absolute Gasteiger partial charge is 0.242 e. The molecule has 1 heterocycles. The number of hydrogen-bond donors (Lipinski definition) is 2. The van der Waals surface area contributed by atoms with Gasteiger partial charge in [-0.2, -0.15) is 0 Å². The molecule has 0 bridgehead atoms. The lowest BCUT2D eigenvalue weighted by Crippen LogP contribution is -2.23. The fourth-order valence-electron chi connectivity index (χ4n) is 1.90. The van der Waals surface area contributed by atoms with Crippen LogP contribution in [-0.2, 0) is 21.4 Å². The molecule has 0 saturated carbocycles. The molecule has 6 nitrogen and oxygen atoms in total. The molecule has 0 aliphatic rings. The first-order valence-electron chi connectivity index (χ1n) is 5.71. The van der Waals surface area contributed by atoms with Gasteiger partial charge in [0.05, 0.1) is 0 Å². The molecular weight excluding hydrogens is 266 g/mol. The second kappa shape index (κ2) is 5.02. The van der Waals surface area contributed by atoms with E-state index in [0.29, 0.717) is 10.9 Å². The molecule has 0 aliphatic carbocycles. The highest BCUT2D eigenvalue weighted by Crippen LogP contribution is 2.24. The average Bonchev–Trinajstić information content (AvgIpc) is 2.78. The van der Waals surface area contributed by atoms with Crippen LogP contribution in [0.4, 0.5) is 0 Å². The van der Waals surface area contributed by atoms with Gasteiger partial charge in [0.25, 0.3) is 0 Å². The number of nitrogens with zero attached hydrogens (tertiary/aromatic N) is 1. The zero-order valence-electron chi connectivity index (χ0n) is 10.7. The predicted molar refractivity (Wildman–Crippen MR) is 72.3 cm³/mol. The van der Waals surface area contributed by atoms with Crippen molar-refractivity contribution < 1.29 is 13.2 Å². The average molecular weight is 281 g/mol. The van der Waals surface area contributed by atoms with Crippen molar-refractivity contribution in [3.05, 3.63) is 30.5 Å². The van der Waals surface area contributed by atoms with E-state index < -0.39 is 10.0 Å². The van der Waals surface area contributed by atoms with Crippen molar-refractivity contribution in [2.45, 2.75) is 11.4 Å². The summed E-state index contributed by atoms with van der Waals surface area (Å²) in [6.45, 7) is 0.0796. The highest BCUT2D eigenvalue weighted by Gasteiger charge is 2.19. The van der Waals surface area contributed by atoms with Gasteiger partial charge in [0.2, 0.25) is 15.9 Å². The quantitative estimate of drug-likeness (QED) is 0.845. The van der Waals surface area contributed by atoms with Crippen LogP contribution in [0.15, 0.2) is 35.4 Å². The molecular formula is C12H15N3O3S. The minimum atomic E-state index is -3.55. The highest BCUT2D eigenvalue weighted by atomic mass is 32.2. The number of hydrogen-bond acceptors (Lipinski definition) is 3. The maximum atomic E-state index is 12.0. The summed E-state index contributed by atoms with van der Waals surface area (Å²) in [6, 6.07) is 7.08. The molecule has 0 atom stereocenters. The number of rotatable bonds is 4. The first-order valence-corrected chi connectivity index (χ1v) is 7.20. The van der Waals surface area contributed by atoms with Crippen molar-refractivity contribution in [3.63, 3.8) is 0 Å². The Morgan fingerprint density at radius 2 is 1.95 bits per heavy atom. The van der Waals surface area contributed by atoms with Crippen molar-refractivity contribution >= 4 is 26.8 Å². The van der Waals surface area contributed by atoms with Crippen LogP contribution >= 0.6 is 0 Å². The monoisotopic (exact) mass is 281 g/mol. The van der Waals surface area contributed by atoms with Gasteiger partial charge < -0.3 is 9.88 Å². The van der Waals surface area contributed by atoms with E-state index >= 15 is 0 Å². The lowest BCUT2D eigenvalue weighted by Gasteiger charge is -2.03. The van der Waals surface area contributed by atoms with Gasteiger partial charge in [-0.05, 0) is 13.1 Å². The van der Waals surface area contributed by atoms with Crippen molar-refractivity contribution in [2.24, 2.45) is 0 Å². The van der Waals surface area contributed by atoms with E-state index in [-0.39, 0.29) is 17.3 Å². The number of fused-ring (bicyclic) bond motifs is 1. The molecule has 2 rings (SSSR count). The summed E-state index contributed by atoms with van der Waals surface area (Å²) in [5, 5.41) is 3.11. The molecule has 0 unspecified atom stereocenters. The third-order valence-electron chi connectivity index (χ3n) is 2.90. The molecule has 1 aromatic carbocycles. The second-order valence-corrected chi connectivity index (χ2v) is 5.87. The fraction of sp³-hybridized carbons (Fsp3) is 0.250. The minimum Gasteiger partial charge on any atom is -0.358 e. The standard InChI is InChI=1S/C12H15N3O3S/c1-13-12(16)8-15-7-11(19(17,18)14-2)9-5-3-4-6-10(9)15/h3-7,14H,8H2,1-2H3,(H,13,16). The molecule has 102 valence electrons. The van der Waals surface area contributed by atoms with Gasteiger partial charge in [0.1, 0.15) is 11.4 Å². The van der Waals surface area contributed by atoms with Crippen molar-refractivity contribution in [3.8, 4) is 0 Å². The van der Waals surface area contributed by atoms with Gasteiger partial charge in [-0.25, -0.2) is 13.1 Å². The molecule has 0 radical (unpaired) electrons. The van der Waals surface area contributed by atoms with Gasteiger partial charge >= 0.3 is 0 Å². The first-order chi connectivity index (χ1) is 8.99. The maximum Gasteiger partial charge on any atom is 0.242 e. The molecule has 19 heavy (non-hydrogen) atoms. The summed E-state index contributed by atoms with van der Waals surface area (Å²) in [6.07, 6.45) is 1.48. The number of sulfonamides is 1. The number of amides is 1. The van der Waals surface area contributed by atoms with E-state index in [2.05, 4.69) is 10.0 Å². The largest absolute Gasteiger partial charge is 0.358 e. The van der Waals surface area contributed by atoms with Crippen LogP contribution in [0.5, 0.6) is 0 Å². The van der Waals surface area contributed by atoms with Crippen LogP contribution < -0.4 is 10.0 Å². The number of aromatic nitrogens is 1. The number of nitrogens with one attached hydrogen (secondary N) is 2. The molecule has 0 spiro atoms. The normalized spacial score (nSPS) is 11.7. The summed E-state index contributed by atoms with van der Waals surface area (Å²) >= 11 is 0. The molecule has 0 aliphatic heterocycles. The molecule has 0 saturated heterocycles. The van der Waals surface area contributed by atoms with Crippen LogP contribution in [-0.4, -0.2) is 33.0 Å². The van der Waals surface area contributed by atoms with Crippen LogP contribution in [0.1, 0.15) is 0 Å². The zero-order valence-corrected chi connectivity index (χ0v) is 11.5. The van der Waals surface area contributed by atoms with Gasteiger partial charge in [-0.15, -0.1) is 0 Å². The Kier molecular flexibility index (Phi) is 3.59. The Morgan fingerprint density at radius 3 is 2.58 bits per heavy atom. The number of carbonyl (C=O) groups excluding carboxylic acids is 1. The van der Waals surface area contributed by atoms with Crippen molar-refractivity contribution in [1.29, 1.82) is 0 Å². The third kappa shape index (κ3) is 2.47. The van der Waals surface area contributed by atoms with Crippen LogP contribution in [0.2, 0.25) is 0 Å². The summed E-state index contributed by atoms with van der Waals surface area (Å²) in [5.41, 5.74) is 0.708. The molecule has 0 fully saturated rings. The highest BCUT2D eigenvalue weighted by molar-refractivity contribution is 7.89. The van der Waals surface area contributed by atoms with E-state index in [1.165, 1.54) is 13.2 Å². The molecule has 1 amide bonds. The number of benzene rings is 1. The third-order valence-corrected chi connectivity index (χ3v) is 4.34. The maximum absolute atomic E-state index is 12.0. The van der Waals surface area contributed by atoms with E-state index in [9.17, 15) is 13.2 Å². The molecule has 1 aromatic heterocycles. The summed E-state index contributed by atoms with van der Waals surface area (Å²) in [5.74, 6) is -0.186. The minimum absolute atomic E-state index is 0.0796. The van der Waals surface area contributed by atoms with E-state index in [0.717, 1.165) is 0 Å². The molecule has 2 N–H and O–H groups in total. The number of para-hydroxylation sites is 1. The van der Waals surface area contributed by atoms with Crippen LogP contribution in [0.25, 0.3) is 10.9 Å². The van der Waals surface area contributed by atoms with Crippen molar-refractivity contribution in [2.75, 3.05) is 14.1 Å². The summed E-state index contributed by atoms with van der Waals surface area (Å²) < 4.78 is 27.8. The topological polar surface area (TPSA) is 80.2 Å². The molecule has 2 aromatic rings. The van der Waals surface area contributed by atoms with E-state index in [1.54, 1.807) is 35.9 Å². The summed E-state index contributed by atoms with van der Waals surface area (Å²) in [7, 11) is -0.647. The Morgan fingerprint density at radius 1 is 1.26 bits per heavy atom. The Bertz CT molecular complexity index is 719. The van der Waals surface area contributed by atoms with Crippen LogP contribution in [0.3, 0.4) is 0 Å². The lowest BCUT2D eigenvalue weighted by molar-refractivity contribution is -0.121. The van der Waals surface area contributed by atoms with Crippen LogP contribution in [0, 0.1) is 0 Å². The molecule has 7 heteroatoms. The van der Waals surface area contributed by atoms with E-state index in [4.69, 9.17) is 0 Å². The number of likely N-dealkylation sites (N-methyl/N-ethyl adjacent to an activating group) is 1. The SMILES string of the molecule is CNC(=O)Cn1cc(S(=O)(=O)NC)c2ccccc21. The van der Waals surface area contributed by atoms with Crippen molar-refractivity contribution in [1.82, 2.24) is 14.6 Å². The second-order valence-electron chi connectivity index (χ2n) is 4.02. The van der Waals surface area contributed by atoms with E-state index in [1.807, 2.05) is 0 Å². The van der Waals surface area contributed by atoms with Gasteiger partial charge in [0.15, 0.2) is 0 Å². The lowest BCUT2D eigenvalue weighted by atomic mass is 10.2. The first kappa shape index (κ1) is 13.6. The Hall–Kier alpha value is -1.86. The Balaban J connectivity index is 2.65. The summed E-state index contributed by atoms with van der Waals surface area (Å²) in [4.78, 5) is 11.6. The van der Waals surface area contributed by atoms with Gasteiger partial charge in [-0.3, -0.25) is 4.79 Å². The fourth-order valence-corrected chi connectivity index (χ4v) is 2.85. The predicted octanol–water partition coefficient (Wildman–Crippen LogP) is 0.295. The van der Waals surface area contributed by atoms with Gasteiger partial charge in [-0.1, -0.05) is 18.2 Å². The Labute approximate surface area is 111 Å². The van der Waals surface area contributed by atoms with Gasteiger partial charge in [0, 0.05) is 24.1 Å². The zero-order chi connectivity index (χ0) is 14.0.